The van der Waals surface area contributed by atoms with Crippen molar-refractivity contribution >= 4 is 33.8 Å². The highest BCUT2D eigenvalue weighted by Crippen LogP contribution is 2.25. The van der Waals surface area contributed by atoms with E-state index in [0.29, 0.717) is 18.6 Å². The van der Waals surface area contributed by atoms with Crippen molar-refractivity contribution in [2.75, 3.05) is 6.54 Å². The van der Waals surface area contributed by atoms with Gasteiger partial charge in [0.15, 0.2) is 0 Å². The average molecular weight is 342 g/mol. The van der Waals surface area contributed by atoms with E-state index in [9.17, 15) is 14.9 Å². The number of hydrogen-bond donors (Lipinski definition) is 0. The first-order valence-electron chi connectivity index (χ1n) is 7.55. The summed E-state index contributed by atoms with van der Waals surface area (Å²) in [6.45, 7) is 1.41. The molecule has 0 radical (unpaired) electrons. The summed E-state index contributed by atoms with van der Waals surface area (Å²) in [7, 11) is 0. The molecule has 1 aliphatic heterocycles. The Hall–Kier alpha value is -2.74. The number of non-ortho nitro benzene ring substituents is 1. The first kappa shape index (κ1) is 14.8. The van der Waals surface area contributed by atoms with Gasteiger partial charge in [-0.1, -0.05) is 0 Å². The summed E-state index contributed by atoms with van der Waals surface area (Å²) >= 11 is 1.73. The molecular weight excluding hydrogens is 328 g/mol. The highest BCUT2D eigenvalue weighted by atomic mass is 32.1. The third kappa shape index (κ3) is 2.54. The van der Waals surface area contributed by atoms with Gasteiger partial charge < -0.3 is 4.90 Å². The van der Waals surface area contributed by atoms with Crippen LogP contribution >= 0.6 is 11.3 Å². The lowest BCUT2D eigenvalue weighted by molar-refractivity contribution is -0.384. The highest BCUT2D eigenvalue weighted by molar-refractivity contribution is 7.10. The molecule has 3 heterocycles. The van der Waals surface area contributed by atoms with E-state index in [-0.39, 0.29) is 18.1 Å². The third-order valence-corrected chi connectivity index (χ3v) is 5.31. The van der Waals surface area contributed by atoms with Gasteiger partial charge in [0.25, 0.3) is 5.69 Å². The zero-order chi connectivity index (χ0) is 16.7. The van der Waals surface area contributed by atoms with Gasteiger partial charge in [0, 0.05) is 35.5 Å². The van der Waals surface area contributed by atoms with Gasteiger partial charge in [-0.25, -0.2) is 0 Å². The molecule has 24 heavy (non-hydrogen) atoms. The van der Waals surface area contributed by atoms with Crippen LogP contribution in [0, 0.1) is 10.1 Å². The van der Waals surface area contributed by atoms with Gasteiger partial charge in [-0.05, 0) is 29.5 Å². The van der Waals surface area contributed by atoms with Gasteiger partial charge in [0.05, 0.1) is 16.6 Å². The number of hydrogen-bond acceptors (Lipinski definition) is 5. The predicted octanol–water partition coefficient (Wildman–Crippen LogP) is 2.59. The maximum Gasteiger partial charge on any atom is 0.271 e. The largest absolute Gasteiger partial charge is 0.336 e. The molecule has 2 aromatic heterocycles. The summed E-state index contributed by atoms with van der Waals surface area (Å²) in [6.07, 6.45) is 2.50. The van der Waals surface area contributed by atoms with Gasteiger partial charge in [-0.3, -0.25) is 19.6 Å². The lowest BCUT2D eigenvalue weighted by atomic mass is 10.1. The first-order chi connectivity index (χ1) is 11.6. The number of aromatic nitrogens is 2. The molecule has 0 aliphatic carbocycles. The molecule has 122 valence electrons. The van der Waals surface area contributed by atoms with Crippen LogP contribution in [0.25, 0.3) is 10.9 Å². The van der Waals surface area contributed by atoms with Crippen LogP contribution in [0.2, 0.25) is 0 Å². The van der Waals surface area contributed by atoms with Crippen LogP contribution in [-0.4, -0.2) is 32.1 Å². The summed E-state index contributed by atoms with van der Waals surface area (Å²) < 4.78 is 1.54. The van der Waals surface area contributed by atoms with Gasteiger partial charge in [-0.15, -0.1) is 11.3 Å². The van der Waals surface area contributed by atoms with Crippen molar-refractivity contribution < 1.29 is 9.72 Å². The predicted molar refractivity (Wildman–Crippen MR) is 89.8 cm³/mol. The summed E-state index contributed by atoms with van der Waals surface area (Å²) in [6, 6.07) is 6.62. The normalized spacial score (nSPS) is 13.9. The van der Waals surface area contributed by atoms with Crippen LogP contribution in [0.4, 0.5) is 5.69 Å². The molecule has 3 aromatic rings. The Kier molecular flexibility index (Phi) is 3.53. The van der Waals surface area contributed by atoms with E-state index in [4.69, 9.17) is 0 Å². The molecule has 0 unspecified atom stereocenters. The molecule has 7 nitrogen and oxygen atoms in total. The summed E-state index contributed by atoms with van der Waals surface area (Å²) in [5.41, 5.74) is 1.81. The van der Waals surface area contributed by atoms with Crippen molar-refractivity contribution in [1.82, 2.24) is 14.7 Å². The Morgan fingerprint density at radius 1 is 1.38 bits per heavy atom. The number of rotatable bonds is 3. The minimum Gasteiger partial charge on any atom is -0.336 e. The Morgan fingerprint density at radius 3 is 3.08 bits per heavy atom. The minimum absolute atomic E-state index is 0.00223. The molecule has 0 fully saturated rings. The lowest BCUT2D eigenvalue weighted by Gasteiger charge is -2.27. The molecule has 0 saturated carbocycles. The molecular formula is C16H14N4O3S. The number of thiophene rings is 1. The first-order valence-corrected chi connectivity index (χ1v) is 8.43. The van der Waals surface area contributed by atoms with E-state index in [1.807, 2.05) is 4.90 Å². The standard InChI is InChI=1S/C16H14N4O3S/c21-16(18-5-3-15-12(9-18)4-6-24-15)10-19-14-7-13(20(22)23)2-1-11(14)8-17-19/h1-2,4,6-8H,3,5,9-10H2. The highest BCUT2D eigenvalue weighted by Gasteiger charge is 2.22. The molecule has 1 amide bonds. The number of nitro groups is 1. The molecule has 4 rings (SSSR count). The van der Waals surface area contributed by atoms with Gasteiger partial charge in [0.1, 0.15) is 6.54 Å². The molecule has 0 saturated heterocycles. The van der Waals surface area contributed by atoms with E-state index < -0.39 is 4.92 Å². The fourth-order valence-electron chi connectivity index (χ4n) is 2.99. The molecule has 1 aromatic carbocycles. The van der Waals surface area contributed by atoms with Crippen molar-refractivity contribution in [3.05, 3.63) is 56.4 Å². The van der Waals surface area contributed by atoms with Crippen LogP contribution < -0.4 is 0 Å². The van der Waals surface area contributed by atoms with Crippen LogP contribution in [-0.2, 0) is 24.3 Å². The zero-order valence-electron chi connectivity index (χ0n) is 12.7. The summed E-state index contributed by atoms with van der Waals surface area (Å²) in [4.78, 5) is 26.3. The maximum absolute atomic E-state index is 12.6. The van der Waals surface area contributed by atoms with Crippen LogP contribution in [0.3, 0.4) is 0 Å². The van der Waals surface area contributed by atoms with Crippen LogP contribution in [0.15, 0.2) is 35.8 Å². The second kappa shape index (κ2) is 5.72. The number of benzene rings is 1. The average Bonchev–Trinajstić information content (AvgIpc) is 3.20. The van der Waals surface area contributed by atoms with Crippen LogP contribution in [0.5, 0.6) is 0 Å². The fraction of sp³-hybridized carbons (Fsp3) is 0.250. The SMILES string of the molecule is O=C(Cn1ncc2ccc([N+](=O)[O-])cc21)N1CCc2sccc2C1. The molecule has 0 spiro atoms. The van der Waals surface area contributed by atoms with Crippen molar-refractivity contribution in [3.63, 3.8) is 0 Å². The number of fused-ring (bicyclic) bond motifs is 2. The Bertz CT molecular complexity index is 946. The molecule has 8 heteroatoms. The van der Waals surface area contributed by atoms with E-state index in [1.54, 1.807) is 23.6 Å². The Labute approximate surface area is 141 Å². The van der Waals surface area contributed by atoms with Crippen molar-refractivity contribution in [3.8, 4) is 0 Å². The van der Waals surface area contributed by atoms with Gasteiger partial charge >= 0.3 is 0 Å². The third-order valence-electron chi connectivity index (χ3n) is 4.28. The number of nitro benzene ring substituents is 1. The Balaban J connectivity index is 1.57. The number of amides is 1. The van der Waals surface area contributed by atoms with E-state index in [0.717, 1.165) is 11.8 Å². The molecule has 0 N–H and O–H groups in total. The van der Waals surface area contributed by atoms with Gasteiger partial charge in [-0.2, -0.15) is 5.10 Å². The van der Waals surface area contributed by atoms with Gasteiger partial charge in [0.2, 0.25) is 5.91 Å². The second-order valence-corrected chi connectivity index (χ2v) is 6.74. The number of carbonyl (C=O) groups is 1. The number of carbonyl (C=O) groups excluding carboxylic acids is 1. The fourth-order valence-corrected chi connectivity index (χ4v) is 3.88. The smallest absolute Gasteiger partial charge is 0.271 e. The molecule has 0 atom stereocenters. The van der Waals surface area contributed by atoms with Crippen LogP contribution in [0.1, 0.15) is 10.4 Å². The summed E-state index contributed by atoms with van der Waals surface area (Å²) in [5, 5.41) is 18.0. The maximum atomic E-state index is 12.6. The lowest BCUT2D eigenvalue weighted by Crippen LogP contribution is -2.37. The molecule has 1 aliphatic rings. The van der Waals surface area contributed by atoms with Crippen molar-refractivity contribution in [2.45, 2.75) is 19.5 Å². The molecule has 0 bridgehead atoms. The summed E-state index contributed by atoms with van der Waals surface area (Å²) in [5.74, 6) is -0.0247. The minimum atomic E-state index is -0.443. The quantitative estimate of drug-likeness (QED) is 0.541. The van der Waals surface area contributed by atoms with Crippen molar-refractivity contribution in [2.24, 2.45) is 0 Å². The second-order valence-electron chi connectivity index (χ2n) is 5.74. The van der Waals surface area contributed by atoms with E-state index in [2.05, 4.69) is 16.5 Å². The monoisotopic (exact) mass is 342 g/mol. The van der Waals surface area contributed by atoms with E-state index in [1.165, 1.54) is 27.3 Å². The van der Waals surface area contributed by atoms with E-state index >= 15 is 0 Å². The zero-order valence-corrected chi connectivity index (χ0v) is 13.5. The topological polar surface area (TPSA) is 81.3 Å². The Morgan fingerprint density at radius 2 is 2.25 bits per heavy atom. The number of nitrogens with zero attached hydrogens (tertiary/aromatic N) is 4. The van der Waals surface area contributed by atoms with Crippen molar-refractivity contribution in [1.29, 1.82) is 0 Å².